The van der Waals surface area contributed by atoms with Crippen LogP contribution in [0.5, 0.6) is 0 Å². The van der Waals surface area contributed by atoms with Gasteiger partial charge in [0, 0.05) is 18.7 Å². The minimum absolute atomic E-state index is 0.432. The number of nitrogen functional groups attached to an aromatic ring is 1. The first-order chi connectivity index (χ1) is 8.61. The second kappa shape index (κ2) is 5.29. The van der Waals surface area contributed by atoms with Crippen LogP contribution in [0.3, 0.4) is 0 Å². The number of carbonyl (C=O) groups is 1. The van der Waals surface area contributed by atoms with Gasteiger partial charge in [-0.15, -0.1) is 0 Å². The van der Waals surface area contributed by atoms with Crippen molar-refractivity contribution in [1.29, 1.82) is 0 Å². The molecule has 18 heavy (non-hydrogen) atoms. The average molecular weight is 247 g/mol. The van der Waals surface area contributed by atoms with Gasteiger partial charge in [-0.2, -0.15) is 0 Å². The number of nitrogens with zero attached hydrogens (tertiary/aromatic N) is 1. The highest BCUT2D eigenvalue weighted by atomic mass is 16.1. The third-order valence-electron chi connectivity index (χ3n) is 3.75. The van der Waals surface area contributed by atoms with Gasteiger partial charge in [-0.25, -0.2) is 0 Å². The highest BCUT2D eigenvalue weighted by Gasteiger charge is 2.20. The fourth-order valence-electron chi connectivity index (χ4n) is 2.61. The van der Waals surface area contributed by atoms with Crippen LogP contribution in [0.25, 0.3) is 0 Å². The van der Waals surface area contributed by atoms with E-state index in [1.54, 1.807) is 12.1 Å². The van der Waals surface area contributed by atoms with E-state index in [9.17, 15) is 4.79 Å². The maximum atomic E-state index is 11.1. The molecule has 0 aromatic heterocycles. The zero-order chi connectivity index (χ0) is 13.1. The first kappa shape index (κ1) is 12.7. The van der Waals surface area contributed by atoms with Gasteiger partial charge in [0.25, 0.3) is 0 Å². The van der Waals surface area contributed by atoms with Gasteiger partial charge >= 0.3 is 0 Å². The first-order valence-corrected chi connectivity index (χ1v) is 6.56. The molecule has 1 amide bonds. The highest BCUT2D eigenvalue weighted by molar-refractivity contribution is 5.94. The summed E-state index contributed by atoms with van der Waals surface area (Å²) in [6.45, 7) is 4.32. The summed E-state index contributed by atoms with van der Waals surface area (Å²) in [7, 11) is 0. The van der Waals surface area contributed by atoms with E-state index in [0.717, 1.165) is 24.7 Å². The molecular weight excluding hydrogens is 226 g/mol. The van der Waals surface area contributed by atoms with Gasteiger partial charge in [0.2, 0.25) is 5.91 Å². The molecule has 1 aromatic rings. The van der Waals surface area contributed by atoms with Crippen molar-refractivity contribution < 1.29 is 4.79 Å². The summed E-state index contributed by atoms with van der Waals surface area (Å²) in [5.74, 6) is 0.312. The molecule has 0 aliphatic carbocycles. The molecule has 98 valence electrons. The average Bonchev–Trinajstić information content (AvgIpc) is 2.38. The summed E-state index contributed by atoms with van der Waals surface area (Å²) in [5, 5.41) is 0. The Balaban J connectivity index is 2.20. The lowest BCUT2D eigenvalue weighted by molar-refractivity contribution is 0.100. The molecule has 0 saturated carbocycles. The van der Waals surface area contributed by atoms with E-state index in [1.807, 2.05) is 6.07 Å². The van der Waals surface area contributed by atoms with Crippen LogP contribution >= 0.6 is 0 Å². The summed E-state index contributed by atoms with van der Waals surface area (Å²) in [6, 6.07) is 5.34. The molecule has 1 aliphatic rings. The van der Waals surface area contributed by atoms with Crippen molar-refractivity contribution in [3.8, 4) is 0 Å². The number of benzene rings is 1. The number of primary amides is 1. The van der Waals surface area contributed by atoms with E-state index >= 15 is 0 Å². The lowest BCUT2D eigenvalue weighted by Crippen LogP contribution is -2.35. The molecule has 4 nitrogen and oxygen atoms in total. The number of nitrogens with two attached hydrogens (primary N) is 2. The lowest BCUT2D eigenvalue weighted by Gasteiger charge is -2.34. The Morgan fingerprint density at radius 1 is 1.50 bits per heavy atom. The number of hydrogen-bond donors (Lipinski definition) is 2. The van der Waals surface area contributed by atoms with Crippen LogP contribution in [0.2, 0.25) is 0 Å². The third kappa shape index (κ3) is 2.58. The van der Waals surface area contributed by atoms with Crippen LogP contribution in [0.4, 0.5) is 11.4 Å². The van der Waals surface area contributed by atoms with Gasteiger partial charge in [-0.05, 0) is 37.0 Å². The minimum atomic E-state index is -0.432. The molecule has 1 atom stereocenters. The van der Waals surface area contributed by atoms with Gasteiger partial charge in [-0.1, -0.05) is 13.3 Å². The molecule has 1 aliphatic heterocycles. The molecule has 1 unspecified atom stereocenters. The predicted molar refractivity (Wildman–Crippen MR) is 74.6 cm³/mol. The molecule has 0 radical (unpaired) electrons. The molecule has 0 bridgehead atoms. The van der Waals surface area contributed by atoms with Crippen LogP contribution in [0.15, 0.2) is 18.2 Å². The number of piperidine rings is 1. The van der Waals surface area contributed by atoms with Gasteiger partial charge in [-0.3, -0.25) is 4.79 Å². The van der Waals surface area contributed by atoms with Crippen LogP contribution in [0, 0.1) is 5.92 Å². The van der Waals surface area contributed by atoms with Crippen molar-refractivity contribution in [2.75, 3.05) is 23.7 Å². The van der Waals surface area contributed by atoms with Crippen molar-refractivity contribution in [2.45, 2.75) is 26.2 Å². The van der Waals surface area contributed by atoms with Gasteiger partial charge in [0.15, 0.2) is 0 Å². The van der Waals surface area contributed by atoms with Crippen LogP contribution in [-0.4, -0.2) is 19.0 Å². The van der Waals surface area contributed by atoms with E-state index < -0.39 is 5.91 Å². The molecule has 1 heterocycles. The Morgan fingerprint density at radius 3 is 2.89 bits per heavy atom. The molecule has 2 rings (SSSR count). The maximum absolute atomic E-state index is 11.1. The molecule has 4 heteroatoms. The zero-order valence-electron chi connectivity index (χ0n) is 10.9. The first-order valence-electron chi connectivity index (χ1n) is 6.56. The molecule has 1 saturated heterocycles. The quantitative estimate of drug-likeness (QED) is 0.802. The molecule has 1 fully saturated rings. The Kier molecular flexibility index (Phi) is 3.75. The Morgan fingerprint density at radius 2 is 2.28 bits per heavy atom. The summed E-state index contributed by atoms with van der Waals surface area (Å²) >= 11 is 0. The van der Waals surface area contributed by atoms with Gasteiger partial charge in [0.1, 0.15) is 0 Å². The standard InChI is InChI=1S/C14H21N3O/c1-2-10-4-3-7-17(9-10)13-6-5-11(14(16)18)8-12(13)15/h5-6,8,10H,2-4,7,9,15H2,1H3,(H2,16,18). The summed E-state index contributed by atoms with van der Waals surface area (Å²) < 4.78 is 0. The van der Waals surface area contributed by atoms with Crippen molar-refractivity contribution in [3.05, 3.63) is 23.8 Å². The largest absolute Gasteiger partial charge is 0.397 e. The second-order valence-corrected chi connectivity index (χ2v) is 5.00. The number of anilines is 2. The van der Waals surface area contributed by atoms with Gasteiger partial charge in [0.05, 0.1) is 11.4 Å². The van der Waals surface area contributed by atoms with Gasteiger partial charge < -0.3 is 16.4 Å². The Labute approximate surface area is 108 Å². The second-order valence-electron chi connectivity index (χ2n) is 5.00. The fourth-order valence-corrected chi connectivity index (χ4v) is 2.61. The molecule has 4 N–H and O–H groups in total. The van der Waals surface area contributed by atoms with Crippen molar-refractivity contribution >= 4 is 17.3 Å². The van der Waals surface area contributed by atoms with E-state index in [0.29, 0.717) is 11.3 Å². The molecule has 0 spiro atoms. The number of hydrogen-bond acceptors (Lipinski definition) is 3. The molecule has 1 aromatic carbocycles. The maximum Gasteiger partial charge on any atom is 0.248 e. The smallest absolute Gasteiger partial charge is 0.248 e. The Bertz CT molecular complexity index is 445. The van der Waals surface area contributed by atoms with E-state index in [-0.39, 0.29) is 0 Å². The normalized spacial score (nSPS) is 19.8. The number of carbonyl (C=O) groups excluding carboxylic acids is 1. The van der Waals surface area contributed by atoms with Crippen molar-refractivity contribution in [3.63, 3.8) is 0 Å². The monoisotopic (exact) mass is 247 g/mol. The zero-order valence-corrected chi connectivity index (χ0v) is 10.9. The highest BCUT2D eigenvalue weighted by Crippen LogP contribution is 2.29. The summed E-state index contributed by atoms with van der Waals surface area (Å²) in [6.07, 6.45) is 3.71. The lowest BCUT2D eigenvalue weighted by atomic mass is 9.95. The number of amides is 1. The fraction of sp³-hybridized carbons (Fsp3) is 0.500. The minimum Gasteiger partial charge on any atom is -0.397 e. The number of rotatable bonds is 3. The Hall–Kier alpha value is -1.71. The molecular formula is C14H21N3O. The predicted octanol–water partition coefficient (Wildman–Crippen LogP) is 1.99. The topological polar surface area (TPSA) is 72.3 Å². The van der Waals surface area contributed by atoms with Crippen LogP contribution < -0.4 is 16.4 Å². The van der Waals surface area contributed by atoms with Crippen LogP contribution in [0.1, 0.15) is 36.5 Å². The van der Waals surface area contributed by atoms with Crippen LogP contribution in [-0.2, 0) is 0 Å². The van der Waals surface area contributed by atoms with E-state index in [1.165, 1.54) is 19.3 Å². The van der Waals surface area contributed by atoms with E-state index in [4.69, 9.17) is 11.5 Å². The van der Waals surface area contributed by atoms with Crippen molar-refractivity contribution in [2.24, 2.45) is 11.7 Å². The summed E-state index contributed by atoms with van der Waals surface area (Å²) in [5.41, 5.74) is 13.4. The van der Waals surface area contributed by atoms with Crippen molar-refractivity contribution in [1.82, 2.24) is 0 Å². The SMILES string of the molecule is CCC1CCCN(c2ccc(C(N)=O)cc2N)C1. The summed E-state index contributed by atoms with van der Waals surface area (Å²) in [4.78, 5) is 13.4. The third-order valence-corrected chi connectivity index (χ3v) is 3.75. The van der Waals surface area contributed by atoms with E-state index in [2.05, 4.69) is 11.8 Å².